The van der Waals surface area contributed by atoms with Crippen molar-refractivity contribution in [3.05, 3.63) is 59.0 Å². The minimum atomic E-state index is -3.76. The van der Waals surface area contributed by atoms with Crippen molar-refractivity contribution >= 4 is 32.4 Å². The molecule has 1 amide bonds. The molecule has 0 atom stereocenters. The molecule has 1 aromatic heterocycles. The molecule has 34 heavy (non-hydrogen) atoms. The summed E-state index contributed by atoms with van der Waals surface area (Å²) < 4.78 is 43.1. The van der Waals surface area contributed by atoms with Gasteiger partial charge in [0.1, 0.15) is 12.4 Å². The number of thiazole rings is 1. The first-order valence-corrected chi connectivity index (χ1v) is 12.8. The molecule has 11 heteroatoms. The van der Waals surface area contributed by atoms with Crippen LogP contribution in [-0.4, -0.2) is 64.1 Å². The quantitative estimate of drug-likeness (QED) is 0.453. The van der Waals surface area contributed by atoms with Gasteiger partial charge >= 0.3 is 0 Å². The predicted octanol–water partition coefficient (Wildman–Crippen LogP) is 3.24. The fraction of sp³-hybridized carbons (Fsp3) is 0.304. The first-order valence-electron chi connectivity index (χ1n) is 10.6. The maximum absolute atomic E-state index is 13.0. The monoisotopic (exact) mass is 503 g/mol. The van der Waals surface area contributed by atoms with Crippen LogP contribution >= 0.6 is 11.3 Å². The lowest BCUT2D eigenvalue weighted by atomic mass is 10.1. The minimum absolute atomic E-state index is 0.0923. The Morgan fingerprint density at radius 1 is 1.09 bits per heavy atom. The van der Waals surface area contributed by atoms with Gasteiger partial charge in [0.15, 0.2) is 5.13 Å². The third-order valence-electron chi connectivity index (χ3n) is 5.26. The van der Waals surface area contributed by atoms with Gasteiger partial charge in [-0.1, -0.05) is 23.5 Å². The number of hydrogen-bond donors (Lipinski definition) is 1. The van der Waals surface area contributed by atoms with E-state index >= 15 is 0 Å². The third-order valence-corrected chi connectivity index (χ3v) is 8.12. The van der Waals surface area contributed by atoms with Gasteiger partial charge in [0, 0.05) is 38.4 Å². The predicted molar refractivity (Wildman–Crippen MR) is 129 cm³/mol. The van der Waals surface area contributed by atoms with Gasteiger partial charge in [-0.3, -0.25) is 10.1 Å². The summed E-state index contributed by atoms with van der Waals surface area (Å²) in [4.78, 5) is 18.4. The number of aromatic nitrogens is 1. The highest BCUT2D eigenvalue weighted by Crippen LogP contribution is 2.40. The maximum atomic E-state index is 13.0. The number of carbonyl (C=O) groups is 1. The number of sulfonamides is 1. The molecule has 0 bridgehead atoms. The number of ether oxygens (including phenoxy) is 3. The molecule has 3 aromatic rings. The van der Waals surface area contributed by atoms with E-state index in [1.807, 2.05) is 24.3 Å². The second-order valence-corrected chi connectivity index (χ2v) is 10.5. The summed E-state index contributed by atoms with van der Waals surface area (Å²) in [5.41, 5.74) is 2.02. The molecule has 0 radical (unpaired) electrons. The fourth-order valence-electron chi connectivity index (χ4n) is 3.48. The van der Waals surface area contributed by atoms with Crippen molar-refractivity contribution in [2.75, 3.05) is 45.8 Å². The molecule has 0 saturated heterocycles. The molecule has 2 aromatic carbocycles. The minimum Gasteiger partial charge on any atom is -0.487 e. The first-order chi connectivity index (χ1) is 16.4. The zero-order valence-corrected chi connectivity index (χ0v) is 20.4. The molecule has 0 saturated carbocycles. The summed E-state index contributed by atoms with van der Waals surface area (Å²) in [6, 6.07) is 13.4. The lowest BCUT2D eigenvalue weighted by molar-refractivity contribution is 0.102. The van der Waals surface area contributed by atoms with E-state index in [0.717, 1.165) is 21.9 Å². The van der Waals surface area contributed by atoms with Gasteiger partial charge in [-0.05, 0) is 36.4 Å². The van der Waals surface area contributed by atoms with Crippen LogP contribution in [-0.2, 0) is 26.1 Å². The molecular weight excluding hydrogens is 478 g/mol. The van der Waals surface area contributed by atoms with E-state index in [1.54, 1.807) is 0 Å². The van der Waals surface area contributed by atoms with Crippen molar-refractivity contribution in [3.8, 4) is 17.0 Å². The van der Waals surface area contributed by atoms with Crippen molar-refractivity contribution in [1.82, 2.24) is 9.29 Å². The number of amides is 1. The van der Waals surface area contributed by atoms with E-state index < -0.39 is 10.0 Å². The second-order valence-electron chi connectivity index (χ2n) is 7.44. The molecule has 0 fully saturated rings. The summed E-state index contributed by atoms with van der Waals surface area (Å²) >= 11 is 1.35. The molecule has 0 unspecified atom stereocenters. The number of hydrogen-bond acceptors (Lipinski definition) is 8. The average molecular weight is 504 g/mol. The number of benzene rings is 2. The first kappa shape index (κ1) is 24.3. The Hall–Kier alpha value is -2.83. The van der Waals surface area contributed by atoms with E-state index in [-0.39, 0.29) is 37.1 Å². The van der Waals surface area contributed by atoms with E-state index in [0.29, 0.717) is 17.3 Å². The van der Waals surface area contributed by atoms with Crippen LogP contribution < -0.4 is 10.1 Å². The highest BCUT2D eigenvalue weighted by Gasteiger charge is 2.25. The van der Waals surface area contributed by atoms with Crippen molar-refractivity contribution < 1.29 is 27.4 Å². The zero-order valence-electron chi connectivity index (χ0n) is 18.8. The lowest BCUT2D eigenvalue weighted by Crippen LogP contribution is -2.36. The molecular formula is C23H25N3O6S2. The molecule has 4 rings (SSSR count). The number of rotatable bonds is 10. The Morgan fingerprint density at radius 2 is 1.76 bits per heavy atom. The van der Waals surface area contributed by atoms with Crippen molar-refractivity contribution in [3.63, 3.8) is 0 Å². The highest BCUT2D eigenvalue weighted by atomic mass is 32.2. The number of methoxy groups -OCH3 is 2. The Morgan fingerprint density at radius 3 is 2.44 bits per heavy atom. The summed E-state index contributed by atoms with van der Waals surface area (Å²) in [5.74, 6) is 0.389. The van der Waals surface area contributed by atoms with Gasteiger partial charge in [0.05, 0.1) is 28.7 Å². The lowest BCUT2D eigenvalue weighted by Gasteiger charge is -2.21. The van der Waals surface area contributed by atoms with Gasteiger partial charge in [-0.25, -0.2) is 13.4 Å². The van der Waals surface area contributed by atoms with Crippen LogP contribution in [0, 0.1) is 0 Å². The van der Waals surface area contributed by atoms with E-state index in [4.69, 9.17) is 14.2 Å². The summed E-state index contributed by atoms with van der Waals surface area (Å²) in [5, 5.41) is 3.26. The van der Waals surface area contributed by atoms with E-state index in [9.17, 15) is 13.2 Å². The molecule has 1 aliphatic rings. The summed E-state index contributed by atoms with van der Waals surface area (Å²) in [7, 11) is -0.734. The normalized spacial score (nSPS) is 12.7. The van der Waals surface area contributed by atoms with Crippen molar-refractivity contribution in [2.45, 2.75) is 11.5 Å². The summed E-state index contributed by atoms with van der Waals surface area (Å²) in [6.45, 7) is 1.32. The van der Waals surface area contributed by atoms with Gasteiger partial charge in [0.25, 0.3) is 5.91 Å². The molecule has 1 aliphatic heterocycles. The standard InChI is InChI=1S/C23H25N3O6S2/c1-30-13-11-26(12-14-31-2)34(28,29)17-9-7-16(8-10-17)22(27)25-23-24-21-18-5-3-4-6-19(18)32-15-20(21)33-23/h3-10H,11-15H2,1-2H3,(H,24,25,27). The number of anilines is 1. The van der Waals surface area contributed by atoms with Crippen LogP contribution in [0.3, 0.4) is 0 Å². The van der Waals surface area contributed by atoms with Crippen LogP contribution in [0.2, 0.25) is 0 Å². The second kappa shape index (κ2) is 10.6. The number of nitrogens with one attached hydrogen (secondary N) is 1. The largest absolute Gasteiger partial charge is 0.487 e. The van der Waals surface area contributed by atoms with E-state index in [2.05, 4.69) is 10.3 Å². The smallest absolute Gasteiger partial charge is 0.257 e. The van der Waals surface area contributed by atoms with Gasteiger partial charge in [-0.15, -0.1) is 0 Å². The Balaban J connectivity index is 1.48. The topological polar surface area (TPSA) is 107 Å². The molecule has 0 spiro atoms. The van der Waals surface area contributed by atoms with Crippen LogP contribution in [0.25, 0.3) is 11.3 Å². The Bertz CT molecular complexity index is 1250. The van der Waals surface area contributed by atoms with Gasteiger partial charge in [-0.2, -0.15) is 4.31 Å². The van der Waals surface area contributed by atoms with Crippen LogP contribution in [0.4, 0.5) is 5.13 Å². The van der Waals surface area contributed by atoms with Gasteiger partial charge in [0.2, 0.25) is 10.0 Å². The Labute approximate surface area is 202 Å². The van der Waals surface area contributed by atoms with Gasteiger partial charge < -0.3 is 14.2 Å². The van der Waals surface area contributed by atoms with Crippen molar-refractivity contribution in [1.29, 1.82) is 0 Å². The molecule has 180 valence electrons. The van der Waals surface area contributed by atoms with Crippen LogP contribution in [0.15, 0.2) is 53.4 Å². The number of nitrogens with zero attached hydrogens (tertiary/aromatic N) is 2. The van der Waals surface area contributed by atoms with Crippen LogP contribution in [0.5, 0.6) is 5.75 Å². The highest BCUT2D eigenvalue weighted by molar-refractivity contribution is 7.89. The average Bonchev–Trinajstić information content (AvgIpc) is 3.27. The molecule has 0 aliphatic carbocycles. The van der Waals surface area contributed by atoms with E-state index in [1.165, 1.54) is 54.1 Å². The number of fused-ring (bicyclic) bond motifs is 3. The SMILES string of the molecule is COCCN(CCOC)S(=O)(=O)c1ccc(C(=O)Nc2nc3c(s2)COc2ccccc2-3)cc1. The molecule has 9 nitrogen and oxygen atoms in total. The van der Waals surface area contributed by atoms with Crippen LogP contribution in [0.1, 0.15) is 15.2 Å². The maximum Gasteiger partial charge on any atom is 0.257 e. The molecule has 2 heterocycles. The van der Waals surface area contributed by atoms with Crippen molar-refractivity contribution in [2.24, 2.45) is 0 Å². The zero-order chi connectivity index (χ0) is 24.1. The third kappa shape index (κ3) is 5.13. The Kier molecular flexibility index (Phi) is 7.59. The number of carbonyl (C=O) groups excluding carboxylic acids is 1. The molecule has 1 N–H and O–H groups in total. The summed E-state index contributed by atoms with van der Waals surface area (Å²) in [6.07, 6.45) is 0. The fourth-order valence-corrected chi connectivity index (χ4v) is 5.77. The number of para-hydroxylation sites is 1.